The Hall–Kier alpha value is -1.83. The molecule has 0 N–H and O–H groups in total. The van der Waals surface area contributed by atoms with E-state index in [1.165, 1.54) is 0 Å². The first-order valence-electron chi connectivity index (χ1n) is 5.26. The molecule has 0 aliphatic rings. The van der Waals surface area contributed by atoms with Crippen LogP contribution in [0.4, 0.5) is 0 Å². The van der Waals surface area contributed by atoms with E-state index in [0.717, 1.165) is 11.3 Å². The Morgan fingerprint density at radius 3 is 2.44 bits per heavy atom. The molecule has 0 saturated heterocycles. The van der Waals surface area contributed by atoms with Crippen LogP contribution < -0.4 is 0 Å². The molecule has 0 aliphatic carbocycles. The summed E-state index contributed by atoms with van der Waals surface area (Å²) in [4.78, 5) is 13.2. The molecule has 0 aliphatic heterocycles. The van der Waals surface area contributed by atoms with Crippen LogP contribution in [0.3, 0.4) is 0 Å². The van der Waals surface area contributed by atoms with Crippen molar-refractivity contribution < 1.29 is 4.79 Å². The summed E-state index contributed by atoms with van der Waals surface area (Å²) in [6.07, 6.45) is 3.53. The maximum atomic E-state index is 11.5. The molecule has 0 atom stereocenters. The Balaban J connectivity index is 2.85. The third-order valence-corrected chi connectivity index (χ3v) is 2.35. The van der Waals surface area contributed by atoms with Gasteiger partial charge >= 0.3 is 0 Å². The lowest BCUT2D eigenvalue weighted by molar-refractivity contribution is -0.127. The molecular formula is C14H17NO. The fraction of sp³-hybridized carbons (Fsp3) is 0.214. The second-order valence-electron chi connectivity index (χ2n) is 3.63. The highest BCUT2D eigenvalue weighted by Crippen LogP contribution is 2.11. The van der Waals surface area contributed by atoms with Gasteiger partial charge in [-0.3, -0.25) is 4.79 Å². The van der Waals surface area contributed by atoms with E-state index in [2.05, 4.69) is 6.58 Å². The average molecular weight is 215 g/mol. The average Bonchev–Trinajstić information content (AvgIpc) is 2.27. The molecule has 2 nitrogen and oxygen atoms in total. The van der Waals surface area contributed by atoms with Crippen LogP contribution in [0.5, 0.6) is 0 Å². The van der Waals surface area contributed by atoms with Crippen LogP contribution in [-0.2, 0) is 11.3 Å². The van der Waals surface area contributed by atoms with E-state index in [0.29, 0.717) is 6.54 Å². The summed E-state index contributed by atoms with van der Waals surface area (Å²) in [6.45, 7) is 7.72. The highest BCUT2D eigenvalue weighted by atomic mass is 16.2. The van der Waals surface area contributed by atoms with Crippen LogP contribution in [0.2, 0.25) is 0 Å². The predicted molar refractivity (Wildman–Crippen MR) is 66.6 cm³/mol. The fourth-order valence-electron chi connectivity index (χ4n) is 1.51. The minimum atomic E-state index is 0.0412. The largest absolute Gasteiger partial charge is 0.312 e. The van der Waals surface area contributed by atoms with Gasteiger partial charge < -0.3 is 4.90 Å². The first kappa shape index (κ1) is 12.2. The van der Waals surface area contributed by atoms with Crippen molar-refractivity contribution in [3.63, 3.8) is 0 Å². The van der Waals surface area contributed by atoms with Gasteiger partial charge in [0.15, 0.2) is 0 Å². The number of benzene rings is 1. The number of rotatable bonds is 4. The third kappa shape index (κ3) is 3.39. The maximum absolute atomic E-state index is 11.5. The summed E-state index contributed by atoms with van der Waals surface area (Å²) < 4.78 is 0. The van der Waals surface area contributed by atoms with Gasteiger partial charge in [0, 0.05) is 12.6 Å². The minimum absolute atomic E-state index is 0.0412. The fourth-order valence-corrected chi connectivity index (χ4v) is 1.51. The third-order valence-electron chi connectivity index (χ3n) is 2.35. The normalized spacial score (nSPS) is 11.0. The smallest absolute Gasteiger partial charge is 0.223 e. The van der Waals surface area contributed by atoms with E-state index in [-0.39, 0.29) is 5.91 Å². The quantitative estimate of drug-likeness (QED) is 0.707. The van der Waals surface area contributed by atoms with Gasteiger partial charge in [-0.2, -0.15) is 0 Å². The zero-order chi connectivity index (χ0) is 12.0. The Morgan fingerprint density at radius 2 is 1.94 bits per heavy atom. The van der Waals surface area contributed by atoms with Crippen LogP contribution in [0, 0.1) is 0 Å². The molecule has 0 fully saturated rings. The second-order valence-corrected chi connectivity index (χ2v) is 3.63. The Labute approximate surface area is 96.9 Å². The van der Waals surface area contributed by atoms with Crippen LogP contribution in [-0.4, -0.2) is 10.8 Å². The molecule has 0 heterocycles. The molecule has 0 radical (unpaired) electrons. The van der Waals surface area contributed by atoms with E-state index in [4.69, 9.17) is 0 Å². The number of hydrogen-bond donors (Lipinski definition) is 0. The van der Waals surface area contributed by atoms with Gasteiger partial charge in [-0.25, -0.2) is 0 Å². The summed E-state index contributed by atoms with van der Waals surface area (Å²) in [6, 6.07) is 9.93. The van der Waals surface area contributed by atoms with Crippen molar-refractivity contribution in [3.8, 4) is 0 Å². The molecule has 0 aromatic heterocycles. The van der Waals surface area contributed by atoms with E-state index in [9.17, 15) is 4.79 Å². The lowest BCUT2D eigenvalue weighted by atomic mass is 10.2. The summed E-state index contributed by atoms with van der Waals surface area (Å²) >= 11 is 0. The van der Waals surface area contributed by atoms with Gasteiger partial charge in [-0.05, 0) is 18.6 Å². The van der Waals surface area contributed by atoms with Crippen LogP contribution in [0.15, 0.2) is 54.8 Å². The molecule has 1 aromatic carbocycles. The van der Waals surface area contributed by atoms with Gasteiger partial charge in [-0.1, -0.05) is 43.0 Å². The maximum Gasteiger partial charge on any atom is 0.223 e. The highest BCUT2D eigenvalue weighted by Gasteiger charge is 2.10. The number of carbonyl (C=O) groups is 1. The van der Waals surface area contributed by atoms with Crippen LogP contribution in [0.25, 0.3) is 0 Å². The van der Waals surface area contributed by atoms with Gasteiger partial charge in [0.1, 0.15) is 0 Å². The van der Waals surface area contributed by atoms with Crippen LogP contribution in [0.1, 0.15) is 19.4 Å². The first-order valence-corrected chi connectivity index (χ1v) is 5.26. The van der Waals surface area contributed by atoms with Crippen LogP contribution >= 0.6 is 0 Å². The second kappa shape index (κ2) is 5.91. The summed E-state index contributed by atoms with van der Waals surface area (Å²) in [7, 11) is 0. The molecule has 84 valence electrons. The highest BCUT2D eigenvalue weighted by molar-refractivity contribution is 5.75. The lowest BCUT2D eigenvalue weighted by Crippen LogP contribution is -2.26. The molecule has 0 bridgehead atoms. The summed E-state index contributed by atoms with van der Waals surface area (Å²) in [5.74, 6) is 0.0412. The van der Waals surface area contributed by atoms with Gasteiger partial charge in [0.05, 0.1) is 6.54 Å². The Kier molecular flexibility index (Phi) is 4.52. The predicted octanol–water partition coefficient (Wildman–Crippen LogP) is 3.12. The molecule has 1 rings (SSSR count). The van der Waals surface area contributed by atoms with Crippen molar-refractivity contribution in [2.75, 3.05) is 0 Å². The Morgan fingerprint density at radius 1 is 1.31 bits per heavy atom. The number of nitrogens with zero attached hydrogens (tertiary/aromatic N) is 1. The molecule has 16 heavy (non-hydrogen) atoms. The summed E-state index contributed by atoms with van der Waals surface area (Å²) in [5.41, 5.74) is 2.03. The SMILES string of the molecule is C=C/C=C(\C)N(Cc1ccccc1)C(C)=O. The molecule has 1 amide bonds. The van der Waals surface area contributed by atoms with Crippen molar-refractivity contribution in [1.82, 2.24) is 4.90 Å². The van der Waals surface area contributed by atoms with E-state index in [1.807, 2.05) is 43.3 Å². The number of hydrogen-bond acceptors (Lipinski definition) is 1. The van der Waals surface area contributed by atoms with Crippen molar-refractivity contribution >= 4 is 5.91 Å². The van der Waals surface area contributed by atoms with Crippen molar-refractivity contribution in [1.29, 1.82) is 0 Å². The van der Waals surface area contributed by atoms with Crippen molar-refractivity contribution in [2.24, 2.45) is 0 Å². The molecular weight excluding hydrogens is 198 g/mol. The number of carbonyl (C=O) groups excluding carboxylic acids is 1. The number of amides is 1. The van der Waals surface area contributed by atoms with Gasteiger partial charge in [0.25, 0.3) is 0 Å². The number of allylic oxidation sites excluding steroid dienone is 3. The standard InChI is InChI=1S/C14H17NO/c1-4-8-12(2)15(13(3)16)11-14-9-6-5-7-10-14/h4-10H,1,11H2,2-3H3/b12-8+. The lowest BCUT2D eigenvalue weighted by Gasteiger charge is -2.21. The van der Waals surface area contributed by atoms with E-state index in [1.54, 1.807) is 17.9 Å². The van der Waals surface area contributed by atoms with Gasteiger partial charge in [-0.15, -0.1) is 0 Å². The van der Waals surface area contributed by atoms with E-state index < -0.39 is 0 Å². The minimum Gasteiger partial charge on any atom is -0.312 e. The molecule has 0 unspecified atom stereocenters. The van der Waals surface area contributed by atoms with E-state index >= 15 is 0 Å². The topological polar surface area (TPSA) is 20.3 Å². The molecule has 1 aromatic rings. The monoisotopic (exact) mass is 215 g/mol. The van der Waals surface area contributed by atoms with Gasteiger partial charge in [0.2, 0.25) is 5.91 Å². The first-order chi connectivity index (χ1) is 7.65. The zero-order valence-electron chi connectivity index (χ0n) is 9.81. The Bertz CT molecular complexity index is 392. The van der Waals surface area contributed by atoms with Crippen molar-refractivity contribution in [2.45, 2.75) is 20.4 Å². The molecule has 0 spiro atoms. The summed E-state index contributed by atoms with van der Waals surface area (Å²) in [5, 5.41) is 0. The molecule has 2 heteroatoms. The molecule has 0 saturated carbocycles. The zero-order valence-corrected chi connectivity index (χ0v) is 9.81. The van der Waals surface area contributed by atoms with Crippen molar-refractivity contribution in [3.05, 3.63) is 60.3 Å².